The van der Waals surface area contributed by atoms with Gasteiger partial charge in [0.1, 0.15) is 0 Å². The van der Waals surface area contributed by atoms with Crippen LogP contribution in [0.15, 0.2) is 30.5 Å². The van der Waals surface area contributed by atoms with Crippen LogP contribution in [0.4, 0.5) is 0 Å². The van der Waals surface area contributed by atoms with Crippen LogP contribution in [0.5, 0.6) is 0 Å². The van der Waals surface area contributed by atoms with Crippen molar-refractivity contribution < 1.29 is 4.79 Å². The largest absolute Gasteiger partial charge is 0.332 e. The molecule has 0 bridgehead atoms. The summed E-state index contributed by atoms with van der Waals surface area (Å²) >= 11 is 11.9. The van der Waals surface area contributed by atoms with Crippen LogP contribution < -0.4 is 5.32 Å². The molecular formula is C15H17Cl3N4O. The van der Waals surface area contributed by atoms with E-state index in [1.807, 2.05) is 17.9 Å². The van der Waals surface area contributed by atoms with Crippen LogP contribution in [0.25, 0.3) is 5.69 Å². The molecule has 1 aromatic carbocycles. The van der Waals surface area contributed by atoms with Crippen molar-refractivity contribution in [3.8, 4) is 5.69 Å². The number of carbonyl (C=O) groups is 1. The van der Waals surface area contributed by atoms with Crippen molar-refractivity contribution in [2.24, 2.45) is 0 Å². The Balaban J connectivity index is 0.00000192. The lowest BCUT2D eigenvalue weighted by Crippen LogP contribution is -2.52. The predicted octanol–water partition coefficient (Wildman–Crippen LogP) is 3.03. The van der Waals surface area contributed by atoms with Gasteiger partial charge >= 0.3 is 0 Å². The van der Waals surface area contributed by atoms with Crippen LogP contribution in [0.1, 0.15) is 17.4 Å². The van der Waals surface area contributed by atoms with E-state index in [1.165, 1.54) is 0 Å². The number of halogens is 3. The highest BCUT2D eigenvalue weighted by molar-refractivity contribution is 6.42. The van der Waals surface area contributed by atoms with E-state index in [0.717, 1.165) is 18.8 Å². The highest BCUT2D eigenvalue weighted by Crippen LogP contribution is 2.24. The minimum atomic E-state index is -0.0483. The van der Waals surface area contributed by atoms with Gasteiger partial charge in [0.2, 0.25) is 0 Å². The topological polar surface area (TPSA) is 50.2 Å². The van der Waals surface area contributed by atoms with Crippen LogP contribution in [-0.4, -0.2) is 46.3 Å². The number of nitrogens with one attached hydrogen (secondary N) is 1. The summed E-state index contributed by atoms with van der Waals surface area (Å²) in [7, 11) is 0. The summed E-state index contributed by atoms with van der Waals surface area (Å²) < 4.78 is 1.63. The molecule has 1 aliphatic rings. The minimum absolute atomic E-state index is 0. The Morgan fingerprint density at radius 3 is 2.78 bits per heavy atom. The molecule has 1 aromatic heterocycles. The molecule has 1 fully saturated rings. The van der Waals surface area contributed by atoms with E-state index in [0.29, 0.717) is 22.3 Å². The van der Waals surface area contributed by atoms with Gasteiger partial charge in [0.25, 0.3) is 5.91 Å². The van der Waals surface area contributed by atoms with Gasteiger partial charge in [0, 0.05) is 31.9 Å². The summed E-state index contributed by atoms with van der Waals surface area (Å²) in [5, 5.41) is 8.58. The molecule has 23 heavy (non-hydrogen) atoms. The first-order chi connectivity index (χ1) is 10.6. The standard InChI is InChI=1S/C15H16Cl2N4O.ClH/c1-10-9-18-5-7-20(10)15(22)14-4-6-21(19-14)11-2-3-12(16)13(17)8-11;/h2-4,6,8,10,18H,5,7,9H2,1H3;1H/t10-;/m1./s1. The number of hydrogen-bond donors (Lipinski definition) is 1. The monoisotopic (exact) mass is 374 g/mol. The Bertz CT molecular complexity index is 704. The number of benzene rings is 1. The van der Waals surface area contributed by atoms with Crippen molar-refractivity contribution in [2.45, 2.75) is 13.0 Å². The van der Waals surface area contributed by atoms with E-state index in [-0.39, 0.29) is 24.4 Å². The number of rotatable bonds is 2. The first-order valence-corrected chi connectivity index (χ1v) is 7.84. The lowest BCUT2D eigenvalue weighted by atomic mass is 10.2. The number of carbonyl (C=O) groups excluding carboxylic acids is 1. The summed E-state index contributed by atoms with van der Waals surface area (Å²) in [5.74, 6) is -0.0483. The number of amides is 1. The number of piperazine rings is 1. The number of hydrogen-bond acceptors (Lipinski definition) is 3. The van der Waals surface area contributed by atoms with Crippen molar-refractivity contribution in [1.29, 1.82) is 0 Å². The quantitative estimate of drug-likeness (QED) is 0.878. The highest BCUT2D eigenvalue weighted by atomic mass is 35.5. The Kier molecular flexibility index (Phi) is 5.92. The molecule has 0 saturated carbocycles. The zero-order valence-corrected chi connectivity index (χ0v) is 14.8. The van der Waals surface area contributed by atoms with Gasteiger partial charge in [-0.25, -0.2) is 4.68 Å². The fraction of sp³-hybridized carbons (Fsp3) is 0.333. The molecule has 5 nitrogen and oxygen atoms in total. The zero-order valence-electron chi connectivity index (χ0n) is 12.5. The zero-order chi connectivity index (χ0) is 15.7. The Labute approximate surface area is 151 Å². The van der Waals surface area contributed by atoms with Crippen LogP contribution in [0.3, 0.4) is 0 Å². The summed E-state index contributed by atoms with van der Waals surface area (Å²) in [6, 6.07) is 7.12. The van der Waals surface area contributed by atoms with Crippen molar-refractivity contribution in [2.75, 3.05) is 19.6 Å². The third kappa shape index (κ3) is 3.80. The average molecular weight is 376 g/mol. The van der Waals surface area contributed by atoms with E-state index in [2.05, 4.69) is 10.4 Å². The molecule has 1 aliphatic heterocycles. The van der Waals surface area contributed by atoms with E-state index in [9.17, 15) is 4.79 Å². The van der Waals surface area contributed by atoms with E-state index in [1.54, 1.807) is 29.1 Å². The second-order valence-corrected chi connectivity index (χ2v) is 6.11. The third-order valence-electron chi connectivity index (χ3n) is 3.74. The van der Waals surface area contributed by atoms with Gasteiger partial charge in [-0.3, -0.25) is 4.79 Å². The van der Waals surface area contributed by atoms with Gasteiger partial charge in [-0.05, 0) is 31.2 Å². The van der Waals surface area contributed by atoms with E-state index < -0.39 is 0 Å². The molecule has 3 rings (SSSR count). The van der Waals surface area contributed by atoms with Crippen molar-refractivity contribution >= 4 is 41.5 Å². The molecule has 0 unspecified atom stereocenters. The third-order valence-corrected chi connectivity index (χ3v) is 4.48. The van der Waals surface area contributed by atoms with E-state index >= 15 is 0 Å². The Morgan fingerprint density at radius 1 is 1.30 bits per heavy atom. The average Bonchev–Trinajstić information content (AvgIpc) is 3.00. The SMILES string of the molecule is C[C@@H]1CNCCN1C(=O)c1ccn(-c2ccc(Cl)c(Cl)c2)n1.Cl. The van der Waals surface area contributed by atoms with E-state index in [4.69, 9.17) is 23.2 Å². The highest BCUT2D eigenvalue weighted by Gasteiger charge is 2.25. The molecular weight excluding hydrogens is 359 g/mol. The lowest BCUT2D eigenvalue weighted by Gasteiger charge is -2.33. The summed E-state index contributed by atoms with van der Waals surface area (Å²) in [6.07, 6.45) is 1.75. The molecule has 1 N–H and O–H groups in total. The molecule has 1 amide bonds. The molecule has 2 heterocycles. The molecule has 124 valence electrons. The second kappa shape index (κ2) is 7.53. The van der Waals surface area contributed by atoms with Gasteiger partial charge in [-0.15, -0.1) is 12.4 Å². The van der Waals surface area contributed by atoms with Gasteiger partial charge in [-0.2, -0.15) is 5.10 Å². The van der Waals surface area contributed by atoms with Crippen LogP contribution in [0.2, 0.25) is 10.0 Å². The fourth-order valence-corrected chi connectivity index (χ4v) is 2.79. The van der Waals surface area contributed by atoms with Crippen molar-refractivity contribution in [1.82, 2.24) is 20.0 Å². The minimum Gasteiger partial charge on any atom is -0.332 e. The number of aromatic nitrogens is 2. The lowest BCUT2D eigenvalue weighted by molar-refractivity contribution is 0.0649. The van der Waals surface area contributed by atoms with Crippen LogP contribution in [-0.2, 0) is 0 Å². The smallest absolute Gasteiger partial charge is 0.274 e. The van der Waals surface area contributed by atoms with Crippen LogP contribution in [0, 0.1) is 0 Å². The summed E-state index contributed by atoms with van der Waals surface area (Å²) in [6.45, 7) is 4.34. The first-order valence-electron chi connectivity index (χ1n) is 7.09. The number of nitrogens with zero attached hydrogens (tertiary/aromatic N) is 3. The Morgan fingerprint density at radius 2 is 2.09 bits per heavy atom. The van der Waals surface area contributed by atoms with Gasteiger partial charge in [-0.1, -0.05) is 23.2 Å². The molecule has 2 aromatic rings. The maximum absolute atomic E-state index is 12.6. The van der Waals surface area contributed by atoms with Crippen LogP contribution >= 0.6 is 35.6 Å². The first kappa shape index (κ1) is 18.1. The molecule has 0 aliphatic carbocycles. The maximum Gasteiger partial charge on any atom is 0.274 e. The van der Waals surface area contributed by atoms with Gasteiger partial charge < -0.3 is 10.2 Å². The Hall–Kier alpha value is -1.27. The molecule has 0 radical (unpaired) electrons. The van der Waals surface area contributed by atoms with Crippen molar-refractivity contribution in [3.63, 3.8) is 0 Å². The molecule has 1 saturated heterocycles. The molecule has 8 heteroatoms. The van der Waals surface area contributed by atoms with Crippen molar-refractivity contribution in [3.05, 3.63) is 46.2 Å². The second-order valence-electron chi connectivity index (χ2n) is 5.30. The normalized spacial score (nSPS) is 17.7. The maximum atomic E-state index is 12.6. The van der Waals surface area contributed by atoms with Gasteiger partial charge in [0.05, 0.1) is 15.7 Å². The molecule has 1 atom stereocenters. The predicted molar refractivity (Wildman–Crippen MR) is 94.2 cm³/mol. The summed E-state index contributed by atoms with van der Waals surface area (Å²) in [4.78, 5) is 14.4. The fourth-order valence-electron chi connectivity index (χ4n) is 2.50. The summed E-state index contributed by atoms with van der Waals surface area (Å²) in [5.41, 5.74) is 1.20. The molecule has 0 spiro atoms. The van der Waals surface area contributed by atoms with Gasteiger partial charge in [0.15, 0.2) is 5.69 Å².